The minimum Gasteiger partial charge on any atom is -0.364 e. The fourth-order valence-electron chi connectivity index (χ4n) is 4.91. The van der Waals surface area contributed by atoms with Crippen molar-refractivity contribution < 1.29 is 0 Å². The van der Waals surface area contributed by atoms with Crippen LogP contribution in [-0.4, -0.2) is 38.1 Å². The van der Waals surface area contributed by atoms with Crippen LogP contribution in [0.4, 0.5) is 0 Å². The highest BCUT2D eigenvalue weighted by Gasteiger charge is 2.26. The van der Waals surface area contributed by atoms with Gasteiger partial charge in [0.25, 0.3) is 0 Å². The maximum atomic E-state index is 5.17. The number of tetrazole rings is 1. The molecule has 0 aromatic carbocycles. The normalized spacial score (nSPS) is 24.7. The Morgan fingerprint density at radius 1 is 0.808 bits per heavy atom. The molecule has 0 spiro atoms. The van der Waals surface area contributed by atoms with Crippen molar-refractivity contribution in [1.29, 1.82) is 0 Å². The van der Waals surface area contributed by atoms with E-state index < -0.39 is 0 Å². The highest BCUT2D eigenvalue weighted by Crippen LogP contribution is 2.28. The molecule has 0 atom stereocenters. The molecular weight excluding hydrogens is 324 g/mol. The van der Waals surface area contributed by atoms with Crippen LogP contribution >= 0.6 is 0 Å². The number of hydrogen-bond donors (Lipinski definition) is 1. The fourth-order valence-corrected chi connectivity index (χ4v) is 4.91. The summed E-state index contributed by atoms with van der Waals surface area (Å²) in [6.45, 7) is 0. The van der Waals surface area contributed by atoms with Crippen LogP contribution in [0.5, 0.6) is 0 Å². The smallest absolute Gasteiger partial charge is 0.217 e. The molecule has 26 heavy (non-hydrogen) atoms. The number of hydrogen-bond acceptors (Lipinski definition) is 4. The van der Waals surface area contributed by atoms with E-state index in [2.05, 4.69) is 25.5 Å². The first-order chi connectivity index (χ1) is 12.9. The Bertz CT molecular complexity index is 577. The summed E-state index contributed by atoms with van der Waals surface area (Å²) in [5, 5.41) is 16.6. The van der Waals surface area contributed by atoms with Gasteiger partial charge >= 0.3 is 0 Å². The van der Waals surface area contributed by atoms with E-state index in [1.165, 1.54) is 96.3 Å². The number of nitrogens with zero attached hydrogens (tertiary/aromatic N) is 5. The quantitative estimate of drug-likeness (QED) is 0.647. The van der Waals surface area contributed by atoms with E-state index in [1.54, 1.807) is 0 Å². The predicted octanol–water partition coefficient (Wildman–Crippen LogP) is 4.18. The van der Waals surface area contributed by atoms with Crippen molar-refractivity contribution in [3.63, 3.8) is 0 Å². The summed E-state index contributed by atoms with van der Waals surface area (Å²) in [6, 6.07) is 1.41. The Labute approximate surface area is 157 Å². The minimum absolute atomic E-state index is 0.436. The van der Waals surface area contributed by atoms with E-state index in [9.17, 15) is 0 Å². The molecule has 0 saturated heterocycles. The molecule has 144 valence electrons. The third kappa shape index (κ3) is 4.44. The minimum atomic E-state index is 0.436. The summed E-state index contributed by atoms with van der Waals surface area (Å²) >= 11 is 0. The molecule has 1 aromatic heterocycles. The summed E-state index contributed by atoms with van der Waals surface area (Å²) in [5.41, 5.74) is 0. The Balaban J connectivity index is 1.57. The van der Waals surface area contributed by atoms with Crippen molar-refractivity contribution in [2.75, 3.05) is 0 Å². The van der Waals surface area contributed by atoms with Gasteiger partial charge in [-0.1, -0.05) is 57.8 Å². The molecule has 3 aliphatic rings. The van der Waals surface area contributed by atoms with Gasteiger partial charge in [0.05, 0.1) is 12.1 Å². The van der Waals surface area contributed by atoms with Gasteiger partial charge in [0.1, 0.15) is 0 Å². The molecule has 0 aliphatic heterocycles. The van der Waals surface area contributed by atoms with Gasteiger partial charge in [-0.05, 0) is 49.0 Å². The van der Waals surface area contributed by atoms with Crippen LogP contribution in [0, 0.1) is 0 Å². The summed E-state index contributed by atoms with van der Waals surface area (Å²) < 4.78 is 2.08. The first-order valence-electron chi connectivity index (χ1n) is 11.0. The van der Waals surface area contributed by atoms with Crippen molar-refractivity contribution in [2.24, 2.45) is 4.99 Å². The molecule has 1 aromatic rings. The molecular formula is C20H34N6. The SMILES string of the molecule is C1CCC(N=C(NC2CCCCC2)c2nnnn2C2CCCCC2)CC1. The lowest BCUT2D eigenvalue weighted by molar-refractivity contribution is 0.321. The molecule has 0 amide bonds. The van der Waals surface area contributed by atoms with E-state index in [0.29, 0.717) is 18.1 Å². The number of nitrogens with one attached hydrogen (secondary N) is 1. The molecule has 6 nitrogen and oxygen atoms in total. The lowest BCUT2D eigenvalue weighted by atomic mass is 9.94. The van der Waals surface area contributed by atoms with Gasteiger partial charge in [0, 0.05) is 6.04 Å². The number of rotatable bonds is 4. The summed E-state index contributed by atoms with van der Waals surface area (Å²) in [7, 11) is 0. The van der Waals surface area contributed by atoms with Crippen molar-refractivity contribution in [3.8, 4) is 0 Å². The van der Waals surface area contributed by atoms with E-state index in [1.807, 2.05) is 0 Å². The fraction of sp³-hybridized carbons (Fsp3) is 0.900. The molecule has 1 N–H and O–H groups in total. The Morgan fingerprint density at radius 3 is 2.12 bits per heavy atom. The van der Waals surface area contributed by atoms with Gasteiger partial charge in [-0.25, -0.2) is 4.68 Å². The molecule has 0 unspecified atom stereocenters. The largest absolute Gasteiger partial charge is 0.364 e. The molecule has 0 bridgehead atoms. The summed E-state index contributed by atoms with van der Waals surface area (Å²) in [4.78, 5) is 5.17. The van der Waals surface area contributed by atoms with Gasteiger partial charge in [-0.3, -0.25) is 4.99 Å². The molecule has 4 rings (SSSR count). The second-order valence-electron chi connectivity index (χ2n) is 8.49. The molecule has 3 aliphatic carbocycles. The van der Waals surface area contributed by atoms with Crippen LogP contribution in [0.3, 0.4) is 0 Å². The second-order valence-corrected chi connectivity index (χ2v) is 8.49. The van der Waals surface area contributed by atoms with Gasteiger partial charge in [-0.2, -0.15) is 0 Å². The molecule has 3 saturated carbocycles. The molecule has 6 heteroatoms. The predicted molar refractivity (Wildman–Crippen MR) is 103 cm³/mol. The Hall–Kier alpha value is -1.46. The maximum absolute atomic E-state index is 5.17. The summed E-state index contributed by atoms with van der Waals surface area (Å²) in [6.07, 6.45) is 19.2. The zero-order valence-corrected chi connectivity index (χ0v) is 16.1. The zero-order chi connectivity index (χ0) is 17.6. The first-order valence-corrected chi connectivity index (χ1v) is 11.0. The Kier molecular flexibility index (Phi) is 6.18. The number of aromatic nitrogens is 4. The maximum Gasteiger partial charge on any atom is 0.217 e. The molecule has 0 radical (unpaired) electrons. The Morgan fingerprint density at radius 2 is 1.42 bits per heavy atom. The average molecular weight is 359 g/mol. The molecule has 3 fully saturated rings. The highest BCUT2D eigenvalue weighted by atomic mass is 15.6. The van der Waals surface area contributed by atoms with Gasteiger partial charge in [0.15, 0.2) is 5.84 Å². The topological polar surface area (TPSA) is 68.0 Å². The van der Waals surface area contributed by atoms with Crippen LogP contribution in [0.15, 0.2) is 4.99 Å². The van der Waals surface area contributed by atoms with Crippen molar-refractivity contribution >= 4 is 5.84 Å². The summed E-state index contributed by atoms with van der Waals surface area (Å²) in [5.74, 6) is 1.85. The van der Waals surface area contributed by atoms with Crippen LogP contribution in [0.1, 0.15) is 108 Å². The highest BCUT2D eigenvalue weighted by molar-refractivity contribution is 5.95. The van der Waals surface area contributed by atoms with E-state index >= 15 is 0 Å². The lowest BCUT2D eigenvalue weighted by Crippen LogP contribution is -2.39. The van der Waals surface area contributed by atoms with Crippen LogP contribution < -0.4 is 5.32 Å². The van der Waals surface area contributed by atoms with Gasteiger partial charge < -0.3 is 5.32 Å². The third-order valence-corrected chi connectivity index (χ3v) is 6.46. The average Bonchev–Trinajstić information content (AvgIpc) is 3.20. The van der Waals surface area contributed by atoms with Crippen LogP contribution in [0.2, 0.25) is 0 Å². The van der Waals surface area contributed by atoms with Gasteiger partial charge in [-0.15, -0.1) is 5.10 Å². The zero-order valence-electron chi connectivity index (χ0n) is 16.1. The standard InChI is InChI=1S/C20H34N6/c1-4-10-16(11-5-1)21-19(22-17-12-6-2-7-13-17)20-23-24-25-26(20)18-14-8-3-9-15-18/h16-18H,1-15H2,(H,21,22). The van der Waals surface area contributed by atoms with E-state index in [0.717, 1.165) is 11.7 Å². The van der Waals surface area contributed by atoms with E-state index in [4.69, 9.17) is 4.99 Å². The first kappa shape index (κ1) is 17.9. The van der Waals surface area contributed by atoms with Crippen molar-refractivity contribution in [2.45, 2.75) is 114 Å². The van der Waals surface area contributed by atoms with E-state index in [-0.39, 0.29) is 0 Å². The van der Waals surface area contributed by atoms with Crippen LogP contribution in [0.25, 0.3) is 0 Å². The second kappa shape index (κ2) is 8.96. The van der Waals surface area contributed by atoms with Gasteiger partial charge in [0.2, 0.25) is 5.82 Å². The number of amidine groups is 1. The van der Waals surface area contributed by atoms with Crippen molar-refractivity contribution in [1.82, 2.24) is 25.5 Å². The monoisotopic (exact) mass is 358 g/mol. The molecule has 1 heterocycles. The van der Waals surface area contributed by atoms with Crippen molar-refractivity contribution in [3.05, 3.63) is 5.82 Å². The lowest BCUT2D eigenvalue weighted by Gasteiger charge is -2.27. The third-order valence-electron chi connectivity index (χ3n) is 6.46. The number of aliphatic imine (C=N–C) groups is 1. The van der Waals surface area contributed by atoms with Crippen LogP contribution in [-0.2, 0) is 0 Å².